The lowest BCUT2D eigenvalue weighted by Gasteiger charge is -2.11. The Morgan fingerprint density at radius 3 is 2.32 bits per heavy atom. The summed E-state index contributed by atoms with van der Waals surface area (Å²) in [6, 6.07) is 7.03. The molecule has 0 radical (unpaired) electrons. The van der Waals surface area contributed by atoms with Crippen molar-refractivity contribution in [2.24, 2.45) is 23.5 Å². The number of hydrogen-bond acceptors (Lipinski definition) is 3. The van der Waals surface area contributed by atoms with Crippen LogP contribution in [0.25, 0.3) is 0 Å². The Morgan fingerprint density at radius 1 is 1.21 bits per heavy atom. The summed E-state index contributed by atoms with van der Waals surface area (Å²) < 4.78 is 0. The molecule has 2 aliphatic carbocycles. The lowest BCUT2D eigenvalue weighted by atomic mass is 10.0. The molecular formula is C15H20N2O2. The number of non-ortho nitro benzene ring substituents is 1. The predicted molar refractivity (Wildman–Crippen MR) is 73.7 cm³/mol. The van der Waals surface area contributed by atoms with E-state index in [0.717, 1.165) is 23.8 Å². The van der Waals surface area contributed by atoms with Crippen molar-refractivity contribution in [1.82, 2.24) is 0 Å². The van der Waals surface area contributed by atoms with Crippen LogP contribution in [-0.2, 0) is 6.42 Å². The van der Waals surface area contributed by atoms with E-state index in [2.05, 4.69) is 0 Å². The summed E-state index contributed by atoms with van der Waals surface area (Å²) in [5, 5.41) is 10.6. The second-order valence-electron chi connectivity index (χ2n) is 5.98. The number of nitro benzene ring substituents is 1. The van der Waals surface area contributed by atoms with E-state index in [4.69, 9.17) is 5.73 Å². The molecule has 4 heteroatoms. The van der Waals surface area contributed by atoms with E-state index in [9.17, 15) is 10.1 Å². The van der Waals surface area contributed by atoms with Gasteiger partial charge in [-0.05, 0) is 42.6 Å². The van der Waals surface area contributed by atoms with Crippen LogP contribution in [0.4, 0.5) is 5.69 Å². The SMILES string of the molecule is NC(Cc1ccc([N+](=O)[O-])cc1)C1C2CCCCC21. The van der Waals surface area contributed by atoms with E-state index in [1.165, 1.54) is 25.7 Å². The zero-order chi connectivity index (χ0) is 13.4. The van der Waals surface area contributed by atoms with Gasteiger partial charge in [-0.25, -0.2) is 0 Å². The highest BCUT2D eigenvalue weighted by atomic mass is 16.6. The highest BCUT2D eigenvalue weighted by Crippen LogP contribution is 2.56. The first-order valence-corrected chi connectivity index (χ1v) is 7.16. The van der Waals surface area contributed by atoms with E-state index < -0.39 is 0 Å². The molecule has 1 aromatic rings. The summed E-state index contributed by atoms with van der Waals surface area (Å²) in [6.07, 6.45) is 6.27. The van der Waals surface area contributed by atoms with Crippen LogP contribution < -0.4 is 5.73 Å². The van der Waals surface area contributed by atoms with E-state index in [1.807, 2.05) is 12.1 Å². The van der Waals surface area contributed by atoms with Gasteiger partial charge in [0, 0.05) is 18.2 Å². The number of benzene rings is 1. The van der Waals surface area contributed by atoms with Crippen LogP contribution in [-0.4, -0.2) is 11.0 Å². The molecule has 0 amide bonds. The van der Waals surface area contributed by atoms with Crippen LogP contribution in [0.15, 0.2) is 24.3 Å². The Bertz CT molecular complexity index is 460. The zero-order valence-electron chi connectivity index (χ0n) is 11.0. The molecule has 0 bridgehead atoms. The van der Waals surface area contributed by atoms with E-state index in [-0.39, 0.29) is 16.7 Å². The average molecular weight is 260 g/mol. The van der Waals surface area contributed by atoms with Gasteiger partial charge in [0.1, 0.15) is 0 Å². The van der Waals surface area contributed by atoms with Gasteiger partial charge in [0.2, 0.25) is 0 Å². The molecule has 4 nitrogen and oxygen atoms in total. The van der Waals surface area contributed by atoms with Gasteiger partial charge in [-0.2, -0.15) is 0 Å². The Balaban J connectivity index is 1.60. The number of hydrogen-bond donors (Lipinski definition) is 1. The van der Waals surface area contributed by atoms with Crippen molar-refractivity contribution >= 4 is 5.69 Å². The molecule has 2 fully saturated rings. The number of fused-ring (bicyclic) bond motifs is 1. The topological polar surface area (TPSA) is 69.2 Å². The normalized spacial score (nSPS) is 30.5. The molecule has 2 aliphatic rings. The van der Waals surface area contributed by atoms with Crippen molar-refractivity contribution in [2.75, 3.05) is 0 Å². The number of rotatable bonds is 4. The molecule has 1 aromatic carbocycles. The van der Waals surface area contributed by atoms with Gasteiger partial charge in [-0.3, -0.25) is 10.1 Å². The molecule has 3 atom stereocenters. The summed E-state index contributed by atoms with van der Waals surface area (Å²) in [5.41, 5.74) is 7.60. The van der Waals surface area contributed by atoms with Gasteiger partial charge in [-0.15, -0.1) is 0 Å². The Hall–Kier alpha value is -1.42. The van der Waals surface area contributed by atoms with Gasteiger partial charge < -0.3 is 5.73 Å². The van der Waals surface area contributed by atoms with Crippen molar-refractivity contribution < 1.29 is 4.92 Å². The maximum atomic E-state index is 10.6. The van der Waals surface area contributed by atoms with Gasteiger partial charge >= 0.3 is 0 Å². The second kappa shape index (κ2) is 4.93. The summed E-state index contributed by atoms with van der Waals surface area (Å²) in [6.45, 7) is 0. The third-order valence-electron chi connectivity index (χ3n) is 4.84. The van der Waals surface area contributed by atoms with Gasteiger partial charge in [0.05, 0.1) is 4.92 Å². The first-order chi connectivity index (χ1) is 9.16. The third kappa shape index (κ3) is 2.50. The molecule has 0 saturated heterocycles. The molecular weight excluding hydrogens is 240 g/mol. The Morgan fingerprint density at radius 2 is 1.79 bits per heavy atom. The summed E-state index contributed by atoms with van der Waals surface area (Å²) in [4.78, 5) is 10.2. The molecule has 0 heterocycles. The minimum atomic E-state index is -0.362. The lowest BCUT2D eigenvalue weighted by Crippen LogP contribution is -2.26. The largest absolute Gasteiger partial charge is 0.327 e. The summed E-state index contributed by atoms with van der Waals surface area (Å²) in [7, 11) is 0. The Labute approximate surface area is 113 Å². The van der Waals surface area contributed by atoms with Crippen LogP contribution in [0.5, 0.6) is 0 Å². The van der Waals surface area contributed by atoms with E-state index in [0.29, 0.717) is 5.92 Å². The number of nitrogens with zero attached hydrogens (tertiary/aromatic N) is 1. The summed E-state index contributed by atoms with van der Waals surface area (Å²) >= 11 is 0. The fourth-order valence-corrected chi connectivity index (χ4v) is 3.84. The van der Waals surface area contributed by atoms with Crippen LogP contribution in [0.1, 0.15) is 31.2 Å². The standard InChI is InChI=1S/C15H20N2O2/c16-14(15-12-3-1-2-4-13(12)15)9-10-5-7-11(8-6-10)17(18)19/h5-8,12-15H,1-4,9,16H2. The first-order valence-electron chi connectivity index (χ1n) is 7.16. The lowest BCUT2D eigenvalue weighted by molar-refractivity contribution is -0.384. The van der Waals surface area contributed by atoms with E-state index in [1.54, 1.807) is 12.1 Å². The third-order valence-corrected chi connectivity index (χ3v) is 4.84. The van der Waals surface area contributed by atoms with Crippen molar-refractivity contribution in [3.63, 3.8) is 0 Å². The quantitative estimate of drug-likeness (QED) is 0.668. The van der Waals surface area contributed by atoms with Crippen LogP contribution >= 0.6 is 0 Å². The van der Waals surface area contributed by atoms with Crippen LogP contribution in [0.3, 0.4) is 0 Å². The molecule has 19 heavy (non-hydrogen) atoms. The fraction of sp³-hybridized carbons (Fsp3) is 0.600. The maximum Gasteiger partial charge on any atom is 0.269 e. The number of nitrogens with two attached hydrogens (primary N) is 1. The van der Waals surface area contributed by atoms with Gasteiger partial charge in [0.25, 0.3) is 5.69 Å². The molecule has 0 spiro atoms. The fourth-order valence-electron chi connectivity index (χ4n) is 3.84. The van der Waals surface area contributed by atoms with Crippen molar-refractivity contribution in [3.05, 3.63) is 39.9 Å². The minimum Gasteiger partial charge on any atom is -0.327 e. The van der Waals surface area contributed by atoms with Crippen LogP contribution in [0.2, 0.25) is 0 Å². The smallest absolute Gasteiger partial charge is 0.269 e. The maximum absolute atomic E-state index is 10.6. The highest BCUT2D eigenvalue weighted by Gasteiger charge is 2.52. The molecule has 2 saturated carbocycles. The monoisotopic (exact) mass is 260 g/mol. The van der Waals surface area contributed by atoms with Gasteiger partial charge in [0.15, 0.2) is 0 Å². The van der Waals surface area contributed by atoms with E-state index >= 15 is 0 Å². The molecule has 102 valence electrons. The molecule has 0 aliphatic heterocycles. The van der Waals surface area contributed by atoms with Crippen molar-refractivity contribution in [1.29, 1.82) is 0 Å². The van der Waals surface area contributed by atoms with Crippen molar-refractivity contribution in [3.8, 4) is 0 Å². The molecule has 3 rings (SSSR count). The predicted octanol–water partition coefficient (Wildman–Crippen LogP) is 2.90. The minimum absolute atomic E-state index is 0.150. The highest BCUT2D eigenvalue weighted by molar-refractivity contribution is 5.33. The molecule has 0 aromatic heterocycles. The number of nitro groups is 1. The zero-order valence-corrected chi connectivity index (χ0v) is 11.0. The first kappa shape index (κ1) is 12.6. The van der Waals surface area contributed by atoms with Gasteiger partial charge in [-0.1, -0.05) is 25.0 Å². The molecule has 3 unspecified atom stereocenters. The van der Waals surface area contributed by atoms with Crippen LogP contribution in [0, 0.1) is 27.9 Å². The average Bonchev–Trinajstić information content (AvgIpc) is 3.13. The molecule has 2 N–H and O–H groups in total. The Kier molecular flexibility index (Phi) is 3.27. The summed E-state index contributed by atoms with van der Waals surface area (Å²) in [5.74, 6) is 2.42. The van der Waals surface area contributed by atoms with Crippen molar-refractivity contribution in [2.45, 2.75) is 38.1 Å². The second-order valence-corrected chi connectivity index (χ2v) is 5.98.